The number of carbonyl (C=O) groups is 4. The Morgan fingerprint density at radius 2 is 1.58 bits per heavy atom. The summed E-state index contributed by atoms with van der Waals surface area (Å²) < 4.78 is 33.5. The molecule has 0 spiro atoms. The van der Waals surface area contributed by atoms with E-state index in [0.717, 1.165) is 16.6 Å². The summed E-state index contributed by atoms with van der Waals surface area (Å²) in [6.45, 7) is 4.46. The van der Waals surface area contributed by atoms with Crippen LogP contribution in [-0.4, -0.2) is 171 Å². The Morgan fingerprint density at radius 3 is 2.23 bits per heavy atom. The number of likely N-dealkylation sites (N-methyl/N-ethyl adjacent to an activating group) is 1. The molecule has 1 aromatic heterocycles. The zero-order valence-corrected chi connectivity index (χ0v) is 38.2. The number of ether oxygens (including phenoxy) is 6. The number of hydrogen-bond donors (Lipinski definition) is 5. The molecule has 18 nitrogen and oxygen atoms in total. The smallest absolute Gasteiger partial charge is 0.333 e. The summed E-state index contributed by atoms with van der Waals surface area (Å²) in [6, 6.07) is 10.1. The van der Waals surface area contributed by atoms with Gasteiger partial charge in [-0.3, -0.25) is 14.4 Å². The van der Waals surface area contributed by atoms with E-state index in [1.54, 1.807) is 25.2 Å². The van der Waals surface area contributed by atoms with Crippen molar-refractivity contribution in [2.75, 3.05) is 94.0 Å². The number of rotatable bonds is 20. The van der Waals surface area contributed by atoms with Gasteiger partial charge in [-0.25, -0.2) is 4.79 Å². The first-order chi connectivity index (χ1) is 28.3. The van der Waals surface area contributed by atoms with E-state index in [2.05, 4.69) is 5.32 Å². The second kappa shape index (κ2) is 26.2. The van der Waals surface area contributed by atoms with Crippen molar-refractivity contribution >= 4 is 45.0 Å². The van der Waals surface area contributed by atoms with Gasteiger partial charge in [0.15, 0.2) is 23.4 Å². The van der Waals surface area contributed by atoms with Gasteiger partial charge in [-0.2, -0.15) is 5.06 Å². The van der Waals surface area contributed by atoms with Crippen LogP contribution in [0.3, 0.4) is 0 Å². The van der Waals surface area contributed by atoms with Gasteiger partial charge in [0.05, 0.1) is 63.8 Å². The van der Waals surface area contributed by atoms with Crippen LogP contribution in [0.5, 0.6) is 17.2 Å². The minimum Gasteiger partial charge on any atom is -0.493 e. The number of carboxylic acids is 1. The molecule has 0 bridgehead atoms. The van der Waals surface area contributed by atoms with Gasteiger partial charge in [0.25, 0.3) is 5.91 Å². The molecule has 3 unspecified atom stereocenters. The Morgan fingerprint density at radius 1 is 0.900 bits per heavy atom. The minimum atomic E-state index is -1.20. The van der Waals surface area contributed by atoms with Crippen LogP contribution in [0.2, 0.25) is 0 Å². The molecule has 1 radical (unpaired) electrons. The molecule has 0 aliphatic carbocycles. The van der Waals surface area contributed by atoms with E-state index in [9.17, 15) is 34.6 Å². The molecule has 20 heteroatoms. The van der Waals surface area contributed by atoms with Crippen molar-refractivity contribution in [3.8, 4) is 17.2 Å². The van der Waals surface area contributed by atoms with Gasteiger partial charge < -0.3 is 64.1 Å². The van der Waals surface area contributed by atoms with Gasteiger partial charge in [-0.15, -0.1) is 11.3 Å². The van der Waals surface area contributed by atoms with Crippen LogP contribution in [0.4, 0.5) is 0 Å². The minimum absolute atomic E-state index is 0. The number of nitrogens with one attached hydrogen (secondary N) is 1. The summed E-state index contributed by atoms with van der Waals surface area (Å²) in [6.07, 6.45) is -2.73. The molecule has 3 heterocycles. The number of aliphatic carboxylic acids is 1. The Labute approximate surface area is 378 Å². The van der Waals surface area contributed by atoms with Crippen LogP contribution in [0, 0.1) is 0 Å². The Balaban J connectivity index is 0.000000323. The van der Waals surface area contributed by atoms with E-state index < -0.39 is 30.4 Å². The molecule has 329 valence electrons. The summed E-state index contributed by atoms with van der Waals surface area (Å²) in [7, 11) is 7.08. The van der Waals surface area contributed by atoms with E-state index in [0.29, 0.717) is 67.9 Å². The summed E-state index contributed by atoms with van der Waals surface area (Å²) >= 11 is 1.39. The van der Waals surface area contributed by atoms with E-state index >= 15 is 0 Å². The number of hydrogen-bond acceptors (Lipinski definition) is 16. The number of carboxylic acid groups (broad SMARTS) is 1. The van der Waals surface area contributed by atoms with Gasteiger partial charge in [0, 0.05) is 108 Å². The quantitative estimate of drug-likeness (QED) is 0.0809. The van der Waals surface area contributed by atoms with Crippen molar-refractivity contribution in [1.82, 2.24) is 20.2 Å². The molecule has 2 amide bonds. The molecule has 3 atom stereocenters. The van der Waals surface area contributed by atoms with Crippen molar-refractivity contribution in [1.29, 1.82) is 0 Å². The number of fused-ring (bicyclic) bond motifs is 1. The fourth-order valence-corrected chi connectivity index (χ4v) is 7.08. The molecule has 0 saturated carbocycles. The molecule has 5 N–H and O–H groups in total. The molecule has 2 aromatic carbocycles. The normalized spacial score (nSPS) is 17.9. The molecule has 2 aliphatic rings. The predicted molar refractivity (Wildman–Crippen MR) is 215 cm³/mol. The van der Waals surface area contributed by atoms with Crippen molar-refractivity contribution in [2.24, 2.45) is 0 Å². The summed E-state index contributed by atoms with van der Waals surface area (Å²) in [5, 5.41) is 42.7. The van der Waals surface area contributed by atoms with Gasteiger partial charge in [0.2, 0.25) is 12.2 Å². The maximum atomic E-state index is 12.7. The SMILES string of the molecule is CN(C)CCOCCOCCNC(=O)c1cc(CO)ccc1OC1CC(O)CC(C(=O)O)O1.COc1cc2cc(C(=O)CCC(=O)N3CCN(O)CC3)sc2cc1OC.[Y]. The number of carbonyl (C=O) groups excluding carboxylic acids is 3. The third-order valence-electron chi connectivity index (χ3n) is 9.33. The van der Waals surface area contributed by atoms with Gasteiger partial charge >= 0.3 is 5.97 Å². The Kier molecular flexibility index (Phi) is 22.3. The Bertz CT molecular complexity index is 1800. The molecule has 2 saturated heterocycles. The fraction of sp³-hybridized carbons (Fsp3) is 0.550. The maximum absolute atomic E-state index is 12.7. The number of aliphatic hydroxyl groups excluding tert-OH is 2. The topological polar surface area (TPSA) is 226 Å². The van der Waals surface area contributed by atoms with Crippen LogP contribution in [0.1, 0.15) is 51.3 Å². The second-order valence-electron chi connectivity index (χ2n) is 14.0. The standard InChI is InChI=1S/C22H34N2O9.C18H22N2O5S.Y/c1-24(2)6-8-31-10-9-30-7-5-23-21(27)17-11-15(14-25)3-4-18(17)32-20-13-16(26)12-19(33-20)22(28)29;1-24-14-9-12-10-17(26-16(12)11-15(14)25-2)13(21)3-4-18(22)19-5-7-20(23)8-6-19;/h3-4,11,16,19-20,25-26H,5-10,12-14H2,1-2H3,(H,23,27)(H,28,29);9-11,23H,3-8H2,1-2H3;. The zero-order chi connectivity index (χ0) is 42.9. The Hall–Kier alpha value is -3.34. The first-order valence-corrected chi connectivity index (χ1v) is 20.1. The van der Waals surface area contributed by atoms with Gasteiger partial charge in [-0.05, 0) is 49.3 Å². The largest absolute Gasteiger partial charge is 0.493 e. The summed E-state index contributed by atoms with van der Waals surface area (Å²) in [4.78, 5) is 53.0. The number of piperazine rings is 1. The van der Waals surface area contributed by atoms with Crippen LogP contribution >= 0.6 is 11.3 Å². The number of methoxy groups -OCH3 is 2. The third kappa shape index (κ3) is 16.2. The molecule has 5 rings (SSSR count). The summed E-state index contributed by atoms with van der Waals surface area (Å²) in [5.74, 6) is -0.331. The molecule has 2 fully saturated rings. The molecule has 2 aliphatic heterocycles. The van der Waals surface area contributed by atoms with Crippen LogP contribution in [-0.2, 0) is 63.1 Å². The van der Waals surface area contributed by atoms with E-state index in [4.69, 9.17) is 33.5 Å². The van der Waals surface area contributed by atoms with E-state index in [1.165, 1.54) is 28.5 Å². The number of nitrogens with zero attached hydrogens (tertiary/aromatic N) is 3. The van der Waals surface area contributed by atoms with Crippen molar-refractivity contribution in [3.63, 3.8) is 0 Å². The molecule has 60 heavy (non-hydrogen) atoms. The van der Waals surface area contributed by atoms with Crippen LogP contribution in [0.15, 0.2) is 36.4 Å². The number of aliphatic hydroxyl groups is 2. The summed E-state index contributed by atoms with van der Waals surface area (Å²) in [5.41, 5.74) is 0.663. The van der Waals surface area contributed by atoms with E-state index in [1.807, 2.05) is 37.2 Å². The molecular weight excluding hydrogens is 881 g/mol. The number of hydroxylamine groups is 2. The average molecular weight is 938 g/mol. The van der Waals surface area contributed by atoms with E-state index in [-0.39, 0.29) is 101 Å². The number of Topliss-reactive ketones (excluding diaryl/α,β-unsaturated/α-hetero) is 1. The number of thiophene rings is 1. The maximum Gasteiger partial charge on any atom is 0.333 e. The molecule has 3 aromatic rings. The predicted octanol–water partition coefficient (Wildman–Crippen LogP) is 2.25. The molecular formula is C40H56N4O14SY. The van der Waals surface area contributed by atoms with Crippen LogP contribution in [0.25, 0.3) is 10.1 Å². The number of amides is 2. The van der Waals surface area contributed by atoms with Crippen LogP contribution < -0.4 is 19.5 Å². The van der Waals surface area contributed by atoms with Gasteiger partial charge in [0.1, 0.15) is 5.75 Å². The van der Waals surface area contributed by atoms with Gasteiger partial charge in [-0.1, -0.05) is 6.07 Å². The second-order valence-corrected chi connectivity index (χ2v) is 15.1. The number of ketones is 1. The monoisotopic (exact) mass is 937 g/mol. The zero-order valence-electron chi connectivity index (χ0n) is 34.5. The fourth-order valence-electron chi connectivity index (χ4n) is 6.04. The number of benzene rings is 2. The third-order valence-corrected chi connectivity index (χ3v) is 10.5. The average Bonchev–Trinajstić information content (AvgIpc) is 3.65. The van der Waals surface area contributed by atoms with Crippen molar-refractivity contribution in [3.05, 3.63) is 52.4 Å². The van der Waals surface area contributed by atoms with Crippen molar-refractivity contribution in [2.45, 2.75) is 50.8 Å². The first-order valence-electron chi connectivity index (χ1n) is 19.3. The van der Waals surface area contributed by atoms with Crippen molar-refractivity contribution < 1.29 is 101 Å². The first kappa shape index (κ1) is 51.0.